The number of carbonyl (C=O) groups is 1. The first-order valence-electron chi connectivity index (χ1n) is 5.51. The molecular weight excluding hydrogens is 270 g/mol. The van der Waals surface area contributed by atoms with Gasteiger partial charge in [-0.2, -0.15) is 0 Å². The molecule has 0 spiro atoms. The fraction of sp³-hybridized carbons (Fsp3) is 0. The predicted molar refractivity (Wildman–Crippen MR) is 68.8 cm³/mol. The Labute approximate surface area is 112 Å². The number of urea groups is 1. The Balaban J connectivity index is 2.13. The van der Waals surface area contributed by atoms with Crippen LogP contribution in [0.3, 0.4) is 0 Å². The summed E-state index contributed by atoms with van der Waals surface area (Å²) in [7, 11) is 0. The van der Waals surface area contributed by atoms with Gasteiger partial charge in [-0.3, -0.25) is 0 Å². The number of benzene rings is 2. The highest BCUT2D eigenvalue weighted by molar-refractivity contribution is 6.00. The zero-order valence-electron chi connectivity index (χ0n) is 10.0. The second-order valence-corrected chi connectivity index (χ2v) is 3.91. The average Bonchev–Trinajstić information content (AvgIpc) is 2.32. The molecule has 5 nitrogen and oxygen atoms in total. The Morgan fingerprint density at radius 2 is 1.50 bits per heavy atom. The molecule has 0 saturated heterocycles. The van der Waals surface area contributed by atoms with E-state index in [2.05, 4.69) is 5.32 Å². The molecule has 2 aromatic rings. The first-order chi connectivity index (χ1) is 9.45. The maximum atomic E-state index is 13.3. The number of carbonyl (C=O) groups excluding carboxylic acids is 1. The molecule has 2 aromatic carbocycles. The van der Waals surface area contributed by atoms with Gasteiger partial charge in [0.2, 0.25) is 0 Å². The number of nitrogens with one attached hydrogen (secondary N) is 2. The normalized spacial score (nSPS) is 10.1. The van der Waals surface area contributed by atoms with Gasteiger partial charge >= 0.3 is 6.03 Å². The molecule has 0 aliphatic rings. The SMILES string of the molecule is O=C(Nc1cc(O)cc(O)c1)Nc1c(F)cccc1F. The van der Waals surface area contributed by atoms with Crippen LogP contribution in [0.4, 0.5) is 25.0 Å². The molecule has 2 amide bonds. The Morgan fingerprint density at radius 3 is 2.05 bits per heavy atom. The average molecular weight is 280 g/mol. The molecule has 0 unspecified atom stereocenters. The van der Waals surface area contributed by atoms with Crippen molar-refractivity contribution in [1.29, 1.82) is 0 Å². The van der Waals surface area contributed by atoms with Crippen LogP contribution in [-0.2, 0) is 0 Å². The van der Waals surface area contributed by atoms with Gasteiger partial charge in [0.1, 0.15) is 28.8 Å². The van der Waals surface area contributed by atoms with Crippen molar-refractivity contribution in [3.63, 3.8) is 0 Å². The lowest BCUT2D eigenvalue weighted by molar-refractivity contribution is 0.262. The number of halogens is 2. The maximum absolute atomic E-state index is 13.3. The van der Waals surface area contributed by atoms with Gasteiger partial charge < -0.3 is 20.8 Å². The predicted octanol–water partition coefficient (Wildman–Crippen LogP) is 3.02. The van der Waals surface area contributed by atoms with E-state index < -0.39 is 23.4 Å². The molecule has 2 rings (SSSR count). The van der Waals surface area contributed by atoms with Crippen molar-refractivity contribution in [3.8, 4) is 11.5 Å². The molecule has 0 fully saturated rings. The third-order valence-electron chi connectivity index (χ3n) is 2.36. The van der Waals surface area contributed by atoms with Crippen molar-refractivity contribution < 1.29 is 23.8 Å². The molecule has 0 aliphatic heterocycles. The summed E-state index contributed by atoms with van der Waals surface area (Å²) in [6.07, 6.45) is 0. The van der Waals surface area contributed by atoms with Crippen molar-refractivity contribution in [2.24, 2.45) is 0 Å². The van der Waals surface area contributed by atoms with Crippen LogP contribution in [0.5, 0.6) is 11.5 Å². The summed E-state index contributed by atoms with van der Waals surface area (Å²) >= 11 is 0. The first-order valence-corrected chi connectivity index (χ1v) is 5.51. The molecule has 0 saturated carbocycles. The quantitative estimate of drug-likeness (QED) is 0.682. The molecule has 0 bridgehead atoms. The summed E-state index contributed by atoms with van der Waals surface area (Å²) in [5.41, 5.74) is -0.522. The summed E-state index contributed by atoms with van der Waals surface area (Å²) in [5, 5.41) is 22.7. The summed E-state index contributed by atoms with van der Waals surface area (Å²) in [4.78, 5) is 11.6. The fourth-order valence-corrected chi connectivity index (χ4v) is 1.56. The van der Waals surface area contributed by atoms with Crippen LogP contribution in [0.15, 0.2) is 36.4 Å². The van der Waals surface area contributed by atoms with Crippen molar-refractivity contribution in [2.75, 3.05) is 10.6 Å². The Hall–Kier alpha value is -2.83. The molecular formula is C13H10F2N2O3. The molecule has 0 heterocycles. The van der Waals surface area contributed by atoms with E-state index in [0.717, 1.165) is 30.3 Å². The second kappa shape index (κ2) is 5.43. The van der Waals surface area contributed by atoms with E-state index in [1.54, 1.807) is 0 Å². The number of hydrogen-bond acceptors (Lipinski definition) is 3. The lowest BCUT2D eigenvalue weighted by Crippen LogP contribution is -2.20. The van der Waals surface area contributed by atoms with Gasteiger partial charge in [-0.25, -0.2) is 13.6 Å². The third-order valence-corrected chi connectivity index (χ3v) is 2.36. The maximum Gasteiger partial charge on any atom is 0.323 e. The van der Waals surface area contributed by atoms with E-state index in [1.165, 1.54) is 6.07 Å². The molecule has 7 heteroatoms. The summed E-state index contributed by atoms with van der Waals surface area (Å²) in [5.74, 6) is -2.37. The molecule has 20 heavy (non-hydrogen) atoms. The van der Waals surface area contributed by atoms with E-state index in [9.17, 15) is 23.8 Å². The molecule has 104 valence electrons. The monoisotopic (exact) mass is 280 g/mol. The number of amides is 2. The minimum absolute atomic E-state index is 0.0664. The van der Waals surface area contributed by atoms with Crippen LogP contribution in [0, 0.1) is 11.6 Å². The van der Waals surface area contributed by atoms with Gasteiger partial charge in [-0.1, -0.05) is 6.07 Å². The summed E-state index contributed by atoms with van der Waals surface area (Å²) in [6.45, 7) is 0. The van der Waals surface area contributed by atoms with Gasteiger partial charge in [0.15, 0.2) is 0 Å². The van der Waals surface area contributed by atoms with Crippen LogP contribution >= 0.6 is 0 Å². The lowest BCUT2D eigenvalue weighted by atomic mass is 10.2. The number of anilines is 2. The van der Waals surface area contributed by atoms with Crippen LogP contribution in [0.2, 0.25) is 0 Å². The highest BCUT2D eigenvalue weighted by Gasteiger charge is 2.12. The molecule has 0 atom stereocenters. The van der Waals surface area contributed by atoms with Gasteiger partial charge in [-0.15, -0.1) is 0 Å². The Morgan fingerprint density at radius 1 is 0.950 bits per heavy atom. The summed E-state index contributed by atoms with van der Waals surface area (Å²) in [6, 6.07) is 5.64. The highest BCUT2D eigenvalue weighted by atomic mass is 19.1. The lowest BCUT2D eigenvalue weighted by Gasteiger charge is -2.09. The van der Waals surface area contributed by atoms with Gasteiger partial charge in [0, 0.05) is 23.9 Å². The van der Waals surface area contributed by atoms with Crippen LogP contribution in [0.25, 0.3) is 0 Å². The highest BCUT2D eigenvalue weighted by Crippen LogP contribution is 2.24. The zero-order chi connectivity index (χ0) is 14.7. The van der Waals surface area contributed by atoms with E-state index in [4.69, 9.17) is 0 Å². The van der Waals surface area contributed by atoms with E-state index in [0.29, 0.717) is 0 Å². The fourth-order valence-electron chi connectivity index (χ4n) is 1.56. The minimum atomic E-state index is -0.918. The largest absolute Gasteiger partial charge is 0.508 e. The van der Waals surface area contributed by atoms with E-state index >= 15 is 0 Å². The van der Waals surface area contributed by atoms with Crippen molar-refractivity contribution in [3.05, 3.63) is 48.0 Å². The van der Waals surface area contributed by atoms with Crippen LogP contribution in [0.1, 0.15) is 0 Å². The number of phenols is 2. The van der Waals surface area contributed by atoms with Crippen LogP contribution in [-0.4, -0.2) is 16.2 Å². The Kier molecular flexibility index (Phi) is 3.69. The zero-order valence-corrected chi connectivity index (χ0v) is 10.0. The minimum Gasteiger partial charge on any atom is -0.508 e. The third kappa shape index (κ3) is 3.14. The number of phenolic OH excluding ortho intramolecular Hbond substituents is 2. The number of hydrogen-bond donors (Lipinski definition) is 4. The number of aromatic hydroxyl groups is 2. The molecule has 0 aliphatic carbocycles. The summed E-state index contributed by atoms with van der Waals surface area (Å²) < 4.78 is 26.6. The van der Waals surface area contributed by atoms with Crippen molar-refractivity contribution in [2.45, 2.75) is 0 Å². The molecule has 0 radical (unpaired) electrons. The number of rotatable bonds is 2. The molecule has 4 N–H and O–H groups in total. The van der Waals surface area contributed by atoms with Crippen molar-refractivity contribution in [1.82, 2.24) is 0 Å². The van der Waals surface area contributed by atoms with Gasteiger partial charge in [-0.05, 0) is 12.1 Å². The van der Waals surface area contributed by atoms with Crippen LogP contribution < -0.4 is 10.6 Å². The standard InChI is InChI=1S/C13H10F2N2O3/c14-10-2-1-3-11(15)12(10)17-13(20)16-7-4-8(18)6-9(19)5-7/h1-6,18-19H,(H2,16,17,20). The second-order valence-electron chi connectivity index (χ2n) is 3.91. The smallest absolute Gasteiger partial charge is 0.323 e. The Bertz CT molecular complexity index is 622. The van der Waals surface area contributed by atoms with Gasteiger partial charge in [0.05, 0.1) is 0 Å². The first kappa shape index (κ1) is 13.6. The number of para-hydroxylation sites is 1. The van der Waals surface area contributed by atoms with Crippen molar-refractivity contribution >= 4 is 17.4 Å². The topological polar surface area (TPSA) is 81.6 Å². The molecule has 0 aromatic heterocycles. The van der Waals surface area contributed by atoms with Gasteiger partial charge in [0.25, 0.3) is 0 Å². The van der Waals surface area contributed by atoms with E-state index in [-0.39, 0.29) is 17.2 Å². The van der Waals surface area contributed by atoms with E-state index in [1.807, 2.05) is 5.32 Å².